The lowest BCUT2D eigenvalue weighted by Gasteiger charge is -2.02. The fraction of sp³-hybridized carbons (Fsp3) is 0. The van der Waals surface area contributed by atoms with Crippen molar-refractivity contribution in [3.8, 4) is 0 Å². The monoisotopic (exact) mass is 263 g/mol. The van der Waals surface area contributed by atoms with Crippen molar-refractivity contribution in [2.45, 2.75) is 9.79 Å². The number of hydrogen-bond donors (Lipinski definition) is 1. The van der Waals surface area contributed by atoms with Gasteiger partial charge in [-0.25, -0.2) is 0 Å². The van der Waals surface area contributed by atoms with E-state index in [2.05, 4.69) is 0 Å². The van der Waals surface area contributed by atoms with Gasteiger partial charge in [-0.05, 0) is 48.5 Å². The molecule has 0 aliphatic carbocycles. The second-order valence-corrected chi connectivity index (χ2v) is 5.03. The standard InChI is InChI=1S/C13H10ClNOS/c14-10-3-7-12(8-4-10)17-11-5-1-9(2-6-11)13(15)16/h1-8H,(H2,15,16). The third-order valence-electron chi connectivity index (χ3n) is 2.19. The predicted molar refractivity (Wildman–Crippen MR) is 70.5 cm³/mol. The van der Waals surface area contributed by atoms with E-state index >= 15 is 0 Å². The van der Waals surface area contributed by atoms with Gasteiger partial charge in [0.25, 0.3) is 0 Å². The summed E-state index contributed by atoms with van der Waals surface area (Å²) in [6.07, 6.45) is 0. The molecule has 0 fully saturated rings. The van der Waals surface area contributed by atoms with E-state index in [1.165, 1.54) is 0 Å². The van der Waals surface area contributed by atoms with Crippen LogP contribution in [-0.4, -0.2) is 5.91 Å². The van der Waals surface area contributed by atoms with Crippen LogP contribution in [0.4, 0.5) is 0 Å². The topological polar surface area (TPSA) is 43.1 Å². The maximum atomic E-state index is 10.9. The Bertz CT molecular complexity index is 522. The molecule has 2 nitrogen and oxygen atoms in total. The molecule has 0 atom stereocenters. The van der Waals surface area contributed by atoms with Crippen LogP contribution in [0.3, 0.4) is 0 Å². The maximum absolute atomic E-state index is 10.9. The quantitative estimate of drug-likeness (QED) is 0.920. The van der Waals surface area contributed by atoms with Crippen molar-refractivity contribution in [2.24, 2.45) is 5.73 Å². The molecule has 0 saturated heterocycles. The van der Waals surface area contributed by atoms with Gasteiger partial charge in [0.05, 0.1) is 0 Å². The van der Waals surface area contributed by atoms with E-state index in [0.29, 0.717) is 5.56 Å². The fourth-order valence-electron chi connectivity index (χ4n) is 1.33. The molecule has 4 heteroatoms. The first-order valence-electron chi connectivity index (χ1n) is 4.98. The lowest BCUT2D eigenvalue weighted by atomic mass is 10.2. The highest BCUT2D eigenvalue weighted by Crippen LogP contribution is 2.28. The summed E-state index contributed by atoms with van der Waals surface area (Å²) in [6.45, 7) is 0. The van der Waals surface area contributed by atoms with Crippen LogP contribution in [-0.2, 0) is 0 Å². The third kappa shape index (κ3) is 3.25. The number of nitrogens with two attached hydrogens (primary N) is 1. The molecule has 0 aromatic heterocycles. The zero-order valence-electron chi connectivity index (χ0n) is 8.89. The van der Waals surface area contributed by atoms with E-state index in [-0.39, 0.29) is 0 Å². The van der Waals surface area contributed by atoms with Crippen LogP contribution in [0.1, 0.15) is 10.4 Å². The molecule has 0 aliphatic heterocycles. The Hall–Kier alpha value is -1.45. The second-order valence-electron chi connectivity index (χ2n) is 3.44. The smallest absolute Gasteiger partial charge is 0.248 e. The van der Waals surface area contributed by atoms with Gasteiger partial charge in [0.15, 0.2) is 0 Å². The third-order valence-corrected chi connectivity index (χ3v) is 3.46. The molecule has 2 aromatic carbocycles. The first-order chi connectivity index (χ1) is 8.15. The Morgan fingerprint density at radius 3 is 1.88 bits per heavy atom. The van der Waals surface area contributed by atoms with Gasteiger partial charge in [-0.3, -0.25) is 4.79 Å². The van der Waals surface area contributed by atoms with Crippen molar-refractivity contribution in [2.75, 3.05) is 0 Å². The minimum Gasteiger partial charge on any atom is -0.366 e. The molecule has 0 unspecified atom stereocenters. The highest BCUT2D eigenvalue weighted by molar-refractivity contribution is 7.99. The lowest BCUT2D eigenvalue weighted by molar-refractivity contribution is 0.100. The minimum atomic E-state index is -0.409. The van der Waals surface area contributed by atoms with Crippen molar-refractivity contribution in [1.82, 2.24) is 0 Å². The number of carbonyl (C=O) groups excluding carboxylic acids is 1. The van der Waals surface area contributed by atoms with Gasteiger partial charge < -0.3 is 5.73 Å². The van der Waals surface area contributed by atoms with E-state index in [1.807, 2.05) is 36.4 Å². The molecule has 2 N–H and O–H groups in total. The Balaban J connectivity index is 2.13. The van der Waals surface area contributed by atoms with Crippen LogP contribution in [0, 0.1) is 0 Å². The van der Waals surface area contributed by atoms with Crippen molar-refractivity contribution < 1.29 is 4.79 Å². The largest absolute Gasteiger partial charge is 0.366 e. The van der Waals surface area contributed by atoms with Crippen molar-refractivity contribution in [3.05, 3.63) is 59.1 Å². The highest BCUT2D eigenvalue weighted by Gasteiger charge is 2.01. The van der Waals surface area contributed by atoms with Crippen LogP contribution >= 0.6 is 23.4 Å². The molecule has 1 amide bonds. The number of halogens is 1. The molecule has 2 rings (SSSR count). The summed E-state index contributed by atoms with van der Waals surface area (Å²) < 4.78 is 0. The summed E-state index contributed by atoms with van der Waals surface area (Å²) in [5.74, 6) is -0.409. The van der Waals surface area contributed by atoms with Crippen molar-refractivity contribution >= 4 is 29.3 Å². The van der Waals surface area contributed by atoms with Crippen LogP contribution in [0.2, 0.25) is 5.02 Å². The van der Waals surface area contributed by atoms with E-state index < -0.39 is 5.91 Å². The zero-order valence-corrected chi connectivity index (χ0v) is 10.5. The Kier molecular flexibility index (Phi) is 3.71. The lowest BCUT2D eigenvalue weighted by Crippen LogP contribution is -2.10. The molecule has 0 spiro atoms. The summed E-state index contributed by atoms with van der Waals surface area (Å²) >= 11 is 7.42. The van der Waals surface area contributed by atoms with Gasteiger partial charge in [-0.15, -0.1) is 0 Å². The van der Waals surface area contributed by atoms with Gasteiger partial charge in [0.1, 0.15) is 0 Å². The van der Waals surface area contributed by atoms with Crippen LogP contribution in [0.25, 0.3) is 0 Å². The minimum absolute atomic E-state index is 0.409. The number of rotatable bonds is 3. The second kappa shape index (κ2) is 5.25. The van der Waals surface area contributed by atoms with Crippen LogP contribution in [0.5, 0.6) is 0 Å². The normalized spacial score (nSPS) is 10.2. The van der Waals surface area contributed by atoms with E-state index in [0.717, 1.165) is 14.8 Å². The molecule has 0 aliphatic rings. The predicted octanol–water partition coefficient (Wildman–Crippen LogP) is 3.59. The number of amides is 1. The van der Waals surface area contributed by atoms with Crippen molar-refractivity contribution in [3.63, 3.8) is 0 Å². The first kappa shape index (κ1) is 12.0. The summed E-state index contributed by atoms with van der Waals surface area (Å²) in [6, 6.07) is 14.8. The van der Waals surface area contributed by atoms with Crippen molar-refractivity contribution in [1.29, 1.82) is 0 Å². The number of hydrogen-bond acceptors (Lipinski definition) is 2. The average Bonchev–Trinajstić information content (AvgIpc) is 2.33. The van der Waals surface area contributed by atoms with Gasteiger partial charge in [0.2, 0.25) is 5.91 Å². The molecule has 86 valence electrons. The number of primary amides is 1. The summed E-state index contributed by atoms with van der Waals surface area (Å²) in [5.41, 5.74) is 5.69. The SMILES string of the molecule is NC(=O)c1ccc(Sc2ccc(Cl)cc2)cc1. The van der Waals surface area contributed by atoms with Crippen LogP contribution < -0.4 is 5.73 Å². The van der Waals surface area contributed by atoms with E-state index in [4.69, 9.17) is 17.3 Å². The Labute approximate surface area is 109 Å². The molecular formula is C13H10ClNOS. The summed E-state index contributed by atoms with van der Waals surface area (Å²) in [5, 5.41) is 0.721. The fourth-order valence-corrected chi connectivity index (χ4v) is 2.27. The first-order valence-corrected chi connectivity index (χ1v) is 6.18. The molecule has 0 radical (unpaired) electrons. The van der Waals surface area contributed by atoms with Gasteiger partial charge >= 0.3 is 0 Å². The number of benzene rings is 2. The highest BCUT2D eigenvalue weighted by atomic mass is 35.5. The van der Waals surface area contributed by atoms with E-state index in [1.54, 1.807) is 23.9 Å². The molecule has 0 bridgehead atoms. The molecule has 0 heterocycles. The average molecular weight is 264 g/mol. The number of carbonyl (C=O) groups is 1. The summed E-state index contributed by atoms with van der Waals surface area (Å²) in [4.78, 5) is 13.1. The Morgan fingerprint density at radius 2 is 1.41 bits per heavy atom. The molecule has 17 heavy (non-hydrogen) atoms. The summed E-state index contributed by atoms with van der Waals surface area (Å²) in [7, 11) is 0. The molecular weight excluding hydrogens is 254 g/mol. The van der Waals surface area contributed by atoms with Gasteiger partial charge in [-0.2, -0.15) is 0 Å². The van der Waals surface area contributed by atoms with Gasteiger partial charge in [0, 0.05) is 20.4 Å². The molecule has 0 saturated carbocycles. The van der Waals surface area contributed by atoms with Gasteiger partial charge in [-0.1, -0.05) is 23.4 Å². The Morgan fingerprint density at radius 1 is 0.941 bits per heavy atom. The van der Waals surface area contributed by atoms with E-state index in [9.17, 15) is 4.79 Å². The maximum Gasteiger partial charge on any atom is 0.248 e. The molecule has 2 aromatic rings. The van der Waals surface area contributed by atoms with Crippen LogP contribution in [0.15, 0.2) is 58.3 Å². The zero-order chi connectivity index (χ0) is 12.3.